The zero-order valence-corrected chi connectivity index (χ0v) is 14.3. The van der Waals surface area contributed by atoms with E-state index in [1.165, 1.54) is 15.4 Å². The summed E-state index contributed by atoms with van der Waals surface area (Å²) in [5, 5.41) is 9.39. The topological polar surface area (TPSA) is 23.8 Å². The normalized spacial score (nSPS) is 11.1. The largest absolute Gasteiger partial charge is 0.192 e. The predicted molar refractivity (Wildman–Crippen MR) is 102 cm³/mol. The average Bonchev–Trinajstić information content (AvgIpc) is 2.64. The summed E-state index contributed by atoms with van der Waals surface area (Å²) in [5.41, 5.74) is 3.92. The fraction of sp³-hybridized carbons (Fsp3) is 0.0455. The first-order valence-corrected chi connectivity index (χ1v) is 8.58. The fourth-order valence-electron chi connectivity index (χ4n) is 2.34. The second-order valence-electron chi connectivity index (χ2n) is 5.52. The Hall–Kier alpha value is -2.76. The molecular formula is C22H17NS. The first kappa shape index (κ1) is 16.1. The minimum absolute atomic E-state index is 0.675. The molecule has 3 aromatic carbocycles. The summed E-state index contributed by atoms with van der Waals surface area (Å²) >= 11 is 1.74. The van der Waals surface area contributed by atoms with E-state index in [9.17, 15) is 5.26 Å². The number of nitriles is 1. The highest BCUT2D eigenvalue weighted by atomic mass is 32.2. The van der Waals surface area contributed by atoms with E-state index in [0.29, 0.717) is 5.57 Å². The van der Waals surface area contributed by atoms with Crippen molar-refractivity contribution in [2.75, 3.05) is 0 Å². The summed E-state index contributed by atoms with van der Waals surface area (Å²) in [6.07, 6.45) is 1.93. The Morgan fingerprint density at radius 3 is 2.00 bits per heavy atom. The van der Waals surface area contributed by atoms with Crippen LogP contribution in [0.25, 0.3) is 11.6 Å². The first-order valence-electron chi connectivity index (χ1n) is 7.76. The maximum atomic E-state index is 9.39. The maximum Gasteiger partial charge on any atom is 0.0998 e. The quantitative estimate of drug-likeness (QED) is 0.420. The molecule has 0 heterocycles. The number of rotatable bonds is 4. The molecule has 0 unspecified atom stereocenters. The van der Waals surface area contributed by atoms with Gasteiger partial charge in [-0.3, -0.25) is 0 Å². The van der Waals surface area contributed by atoms with Crippen molar-refractivity contribution in [2.45, 2.75) is 16.7 Å². The van der Waals surface area contributed by atoms with Crippen molar-refractivity contribution in [3.63, 3.8) is 0 Å². The Morgan fingerprint density at radius 2 is 1.42 bits per heavy atom. The first-order chi connectivity index (χ1) is 11.7. The monoisotopic (exact) mass is 327 g/mol. The summed E-state index contributed by atoms with van der Waals surface area (Å²) in [6.45, 7) is 2.09. The van der Waals surface area contributed by atoms with Gasteiger partial charge in [-0.1, -0.05) is 71.9 Å². The van der Waals surface area contributed by atoms with E-state index in [1.54, 1.807) is 11.8 Å². The van der Waals surface area contributed by atoms with Crippen molar-refractivity contribution in [3.05, 3.63) is 95.6 Å². The van der Waals surface area contributed by atoms with Crippen LogP contribution < -0.4 is 0 Å². The average molecular weight is 327 g/mol. The van der Waals surface area contributed by atoms with Gasteiger partial charge in [0.05, 0.1) is 11.6 Å². The summed E-state index contributed by atoms with van der Waals surface area (Å²) in [5.74, 6) is 0. The second-order valence-corrected chi connectivity index (χ2v) is 6.67. The molecule has 116 valence electrons. The van der Waals surface area contributed by atoms with Crippen molar-refractivity contribution < 1.29 is 0 Å². The number of hydrogen-bond acceptors (Lipinski definition) is 2. The molecule has 0 atom stereocenters. The number of nitrogens with zero attached hydrogens (tertiary/aromatic N) is 1. The molecule has 0 radical (unpaired) electrons. The molecule has 24 heavy (non-hydrogen) atoms. The molecule has 3 rings (SSSR count). The third kappa shape index (κ3) is 4.16. The van der Waals surface area contributed by atoms with E-state index < -0.39 is 0 Å². The van der Waals surface area contributed by atoms with Crippen LogP contribution >= 0.6 is 11.8 Å². The minimum Gasteiger partial charge on any atom is -0.192 e. The molecule has 3 aromatic rings. The molecular weight excluding hydrogens is 310 g/mol. The Bertz CT molecular complexity index is 870. The Kier molecular flexibility index (Phi) is 5.15. The van der Waals surface area contributed by atoms with Crippen LogP contribution in [-0.2, 0) is 0 Å². The second kappa shape index (κ2) is 7.68. The van der Waals surface area contributed by atoms with E-state index in [4.69, 9.17) is 0 Å². The maximum absolute atomic E-state index is 9.39. The molecule has 0 fully saturated rings. The van der Waals surface area contributed by atoms with E-state index in [-0.39, 0.29) is 0 Å². The van der Waals surface area contributed by atoms with Crippen LogP contribution in [0.1, 0.15) is 16.7 Å². The van der Waals surface area contributed by atoms with Crippen LogP contribution in [0.15, 0.2) is 88.7 Å². The van der Waals surface area contributed by atoms with Gasteiger partial charge in [-0.15, -0.1) is 0 Å². The number of aryl methyl sites for hydroxylation is 1. The van der Waals surface area contributed by atoms with Crippen molar-refractivity contribution in [3.8, 4) is 6.07 Å². The number of hydrogen-bond donors (Lipinski definition) is 0. The van der Waals surface area contributed by atoms with Crippen molar-refractivity contribution in [1.82, 2.24) is 0 Å². The zero-order valence-electron chi connectivity index (χ0n) is 13.4. The minimum atomic E-state index is 0.675. The van der Waals surface area contributed by atoms with Gasteiger partial charge in [0.15, 0.2) is 0 Å². The van der Waals surface area contributed by atoms with Gasteiger partial charge in [-0.25, -0.2) is 0 Å². The lowest BCUT2D eigenvalue weighted by Gasteiger charge is -2.04. The van der Waals surface area contributed by atoms with E-state index in [1.807, 2.05) is 36.4 Å². The molecule has 0 amide bonds. The van der Waals surface area contributed by atoms with Crippen LogP contribution in [-0.4, -0.2) is 0 Å². The molecule has 0 saturated heterocycles. The summed E-state index contributed by atoms with van der Waals surface area (Å²) in [6, 6.07) is 28.8. The molecule has 0 aromatic heterocycles. The molecule has 0 aliphatic carbocycles. The van der Waals surface area contributed by atoms with Gasteiger partial charge in [0, 0.05) is 9.79 Å². The van der Waals surface area contributed by atoms with Gasteiger partial charge >= 0.3 is 0 Å². The molecule has 0 saturated carbocycles. The van der Waals surface area contributed by atoms with Crippen LogP contribution in [0.3, 0.4) is 0 Å². The third-order valence-electron chi connectivity index (χ3n) is 3.65. The summed E-state index contributed by atoms with van der Waals surface area (Å²) in [7, 11) is 0. The lowest BCUT2D eigenvalue weighted by molar-refractivity contribution is 1.36. The highest BCUT2D eigenvalue weighted by Gasteiger charge is 2.01. The standard InChI is InChI=1S/C22H17NS/c1-17-7-11-21(12-8-17)24-22-13-9-18(10-14-22)15-20(16-23)19-5-3-2-4-6-19/h2-15H,1H3/b20-15+. The molecule has 1 nitrogen and oxygen atoms in total. The molecule has 0 aliphatic rings. The Balaban J connectivity index is 1.78. The molecule has 0 N–H and O–H groups in total. The highest BCUT2D eigenvalue weighted by Crippen LogP contribution is 2.28. The van der Waals surface area contributed by atoms with Gasteiger partial charge in [0.2, 0.25) is 0 Å². The SMILES string of the molecule is Cc1ccc(Sc2ccc(/C=C(\C#N)c3ccccc3)cc2)cc1. The molecule has 0 aliphatic heterocycles. The van der Waals surface area contributed by atoms with Gasteiger partial charge < -0.3 is 0 Å². The van der Waals surface area contributed by atoms with E-state index in [2.05, 4.69) is 61.5 Å². The Morgan fingerprint density at radius 1 is 0.833 bits per heavy atom. The molecule has 0 bridgehead atoms. The van der Waals surface area contributed by atoms with Crippen LogP contribution in [0.5, 0.6) is 0 Å². The number of benzene rings is 3. The van der Waals surface area contributed by atoms with Crippen molar-refractivity contribution in [1.29, 1.82) is 5.26 Å². The van der Waals surface area contributed by atoms with Crippen LogP contribution in [0, 0.1) is 18.3 Å². The van der Waals surface area contributed by atoms with Crippen LogP contribution in [0.4, 0.5) is 0 Å². The van der Waals surface area contributed by atoms with Crippen LogP contribution in [0.2, 0.25) is 0 Å². The van der Waals surface area contributed by atoms with Gasteiger partial charge in [-0.2, -0.15) is 5.26 Å². The fourth-order valence-corrected chi connectivity index (χ4v) is 3.16. The third-order valence-corrected chi connectivity index (χ3v) is 4.67. The van der Waals surface area contributed by atoms with Gasteiger partial charge in [0.1, 0.15) is 0 Å². The zero-order chi connectivity index (χ0) is 16.8. The smallest absolute Gasteiger partial charge is 0.0998 e. The lowest BCUT2D eigenvalue weighted by Crippen LogP contribution is -1.81. The van der Waals surface area contributed by atoms with Crippen molar-refractivity contribution in [2.24, 2.45) is 0 Å². The van der Waals surface area contributed by atoms with Crippen molar-refractivity contribution >= 4 is 23.4 Å². The molecule has 0 spiro atoms. The lowest BCUT2D eigenvalue weighted by atomic mass is 10.0. The number of allylic oxidation sites excluding steroid dienone is 1. The van der Waals surface area contributed by atoms with E-state index in [0.717, 1.165) is 11.1 Å². The highest BCUT2D eigenvalue weighted by molar-refractivity contribution is 7.99. The molecule has 2 heteroatoms. The summed E-state index contributed by atoms with van der Waals surface area (Å²) in [4.78, 5) is 2.42. The van der Waals surface area contributed by atoms with E-state index >= 15 is 0 Å². The Labute approximate surface area is 147 Å². The van der Waals surface area contributed by atoms with Gasteiger partial charge in [0.25, 0.3) is 0 Å². The summed E-state index contributed by atoms with van der Waals surface area (Å²) < 4.78 is 0. The predicted octanol–water partition coefficient (Wildman–Crippen LogP) is 6.21. The van der Waals surface area contributed by atoms with Gasteiger partial charge in [-0.05, 0) is 48.4 Å².